The number of rotatable bonds is 2. The largest absolute Gasteiger partial charge is 0.443 e. The van der Waals surface area contributed by atoms with Crippen LogP contribution in [0.15, 0.2) is 15.6 Å². The van der Waals surface area contributed by atoms with Crippen LogP contribution >= 0.6 is 11.8 Å². The van der Waals surface area contributed by atoms with Crippen LogP contribution < -0.4 is 5.32 Å². The minimum Gasteiger partial charge on any atom is -0.443 e. The highest BCUT2D eigenvalue weighted by atomic mass is 32.2. The van der Waals surface area contributed by atoms with Crippen LogP contribution in [0.4, 0.5) is 0 Å². The summed E-state index contributed by atoms with van der Waals surface area (Å²) in [6.45, 7) is 9.16. The maximum atomic E-state index is 5.89. The molecule has 0 amide bonds. The summed E-state index contributed by atoms with van der Waals surface area (Å²) < 4.78 is 6.33. The van der Waals surface area contributed by atoms with Crippen LogP contribution in [0.25, 0.3) is 0 Å². The van der Waals surface area contributed by atoms with Gasteiger partial charge in [-0.3, -0.25) is 4.99 Å². The Bertz CT molecular complexity index is 593. The summed E-state index contributed by atoms with van der Waals surface area (Å²) in [6.07, 6.45) is 8.68. The number of nitrogens with zero attached hydrogens (tertiary/aromatic N) is 3. The van der Waals surface area contributed by atoms with Crippen LogP contribution in [0.5, 0.6) is 0 Å². The first kappa shape index (κ1) is 18.6. The molecule has 5 nitrogen and oxygen atoms in total. The topological polar surface area (TPSA) is 53.7 Å². The number of hydrogen-bond acceptors (Lipinski definition) is 4. The van der Waals surface area contributed by atoms with Crippen LogP contribution in [-0.2, 0) is 12.0 Å². The molecule has 25 heavy (non-hydrogen) atoms. The summed E-state index contributed by atoms with van der Waals surface area (Å²) >= 11 is 2.18. The molecule has 1 N–H and O–H groups in total. The van der Waals surface area contributed by atoms with Crippen LogP contribution in [0.1, 0.15) is 64.5 Å². The molecule has 0 unspecified atom stereocenters. The zero-order chi connectivity index (χ0) is 17.9. The molecule has 3 rings (SSSR count). The van der Waals surface area contributed by atoms with Gasteiger partial charge in [0.2, 0.25) is 5.89 Å². The highest BCUT2D eigenvalue weighted by Gasteiger charge is 2.38. The molecule has 0 radical (unpaired) electrons. The second-order valence-electron chi connectivity index (χ2n) is 8.28. The van der Waals surface area contributed by atoms with E-state index in [1.807, 2.05) is 13.2 Å². The van der Waals surface area contributed by atoms with E-state index in [1.54, 1.807) is 0 Å². The molecule has 2 aliphatic rings. The SMILES string of the molecule is CN=C(NCc1ncc(C(C)(C)C)o1)N1CCSC2(CCCCC2)C1. The van der Waals surface area contributed by atoms with Gasteiger partial charge in [0, 0.05) is 36.1 Å². The Morgan fingerprint density at radius 2 is 2.12 bits per heavy atom. The number of aliphatic imine (C=N–C) groups is 1. The maximum absolute atomic E-state index is 5.89. The molecule has 1 saturated carbocycles. The van der Waals surface area contributed by atoms with Gasteiger partial charge in [-0.05, 0) is 12.8 Å². The molecule has 1 aliphatic heterocycles. The van der Waals surface area contributed by atoms with E-state index in [2.05, 4.69) is 52.7 Å². The highest BCUT2D eigenvalue weighted by molar-refractivity contribution is 8.00. The van der Waals surface area contributed by atoms with Crippen molar-refractivity contribution < 1.29 is 4.42 Å². The number of guanidine groups is 1. The summed E-state index contributed by atoms with van der Waals surface area (Å²) in [6, 6.07) is 0. The van der Waals surface area contributed by atoms with Crippen molar-refractivity contribution in [1.82, 2.24) is 15.2 Å². The van der Waals surface area contributed by atoms with Crippen molar-refractivity contribution in [2.24, 2.45) is 4.99 Å². The summed E-state index contributed by atoms with van der Waals surface area (Å²) in [5.41, 5.74) is -0.00954. The Labute approximate surface area is 156 Å². The molecule has 1 spiro atoms. The molecule has 0 bridgehead atoms. The van der Waals surface area contributed by atoms with Gasteiger partial charge in [-0.2, -0.15) is 11.8 Å². The normalized spacial score (nSPS) is 21.6. The highest BCUT2D eigenvalue weighted by Crippen LogP contribution is 2.42. The molecule has 1 aromatic rings. The summed E-state index contributed by atoms with van der Waals surface area (Å²) in [4.78, 5) is 11.3. The second kappa shape index (κ2) is 7.60. The van der Waals surface area contributed by atoms with E-state index in [0.717, 1.165) is 30.7 Å². The lowest BCUT2D eigenvalue weighted by molar-refractivity contribution is 0.292. The van der Waals surface area contributed by atoms with Gasteiger partial charge in [0.05, 0.1) is 12.7 Å². The number of nitrogens with one attached hydrogen (secondary N) is 1. The third-order valence-corrected chi connectivity index (χ3v) is 6.75. The summed E-state index contributed by atoms with van der Waals surface area (Å²) in [5.74, 6) is 3.81. The van der Waals surface area contributed by atoms with Gasteiger partial charge < -0.3 is 14.6 Å². The Morgan fingerprint density at radius 1 is 1.36 bits per heavy atom. The van der Waals surface area contributed by atoms with Gasteiger partial charge in [0.25, 0.3) is 0 Å². The van der Waals surface area contributed by atoms with Crippen molar-refractivity contribution in [2.45, 2.75) is 69.6 Å². The third kappa shape index (κ3) is 4.52. The first-order valence-corrected chi connectivity index (χ1v) is 10.5. The van der Waals surface area contributed by atoms with Crippen molar-refractivity contribution in [3.63, 3.8) is 0 Å². The van der Waals surface area contributed by atoms with E-state index in [1.165, 1.54) is 37.9 Å². The fourth-order valence-corrected chi connectivity index (χ4v) is 5.32. The van der Waals surface area contributed by atoms with Crippen molar-refractivity contribution in [1.29, 1.82) is 0 Å². The summed E-state index contributed by atoms with van der Waals surface area (Å²) in [7, 11) is 1.87. The number of aromatic nitrogens is 1. The van der Waals surface area contributed by atoms with Crippen LogP contribution in [0.2, 0.25) is 0 Å². The van der Waals surface area contributed by atoms with Gasteiger partial charge in [-0.15, -0.1) is 0 Å². The molecule has 0 atom stereocenters. The van der Waals surface area contributed by atoms with Crippen LogP contribution in [0.3, 0.4) is 0 Å². The first-order valence-electron chi connectivity index (χ1n) is 9.47. The second-order valence-corrected chi connectivity index (χ2v) is 9.85. The van der Waals surface area contributed by atoms with Gasteiger partial charge in [-0.1, -0.05) is 40.0 Å². The quantitative estimate of drug-likeness (QED) is 0.639. The predicted molar refractivity (Wildman–Crippen MR) is 105 cm³/mol. The van der Waals surface area contributed by atoms with Gasteiger partial charge in [0.15, 0.2) is 5.96 Å². The smallest absolute Gasteiger partial charge is 0.213 e. The lowest BCUT2D eigenvalue weighted by Gasteiger charge is -2.45. The minimum atomic E-state index is -0.00954. The average Bonchev–Trinajstić information content (AvgIpc) is 3.06. The molecular formula is C19H32N4OS. The van der Waals surface area contributed by atoms with Gasteiger partial charge in [-0.25, -0.2) is 4.98 Å². The maximum Gasteiger partial charge on any atom is 0.213 e. The summed E-state index contributed by atoms with van der Waals surface area (Å²) in [5, 5.41) is 3.45. The Kier molecular flexibility index (Phi) is 5.66. The standard InChI is InChI=1S/C19H32N4OS/c1-18(2,3)15-12-21-16(24-15)13-22-17(20-4)23-10-11-25-19(14-23)8-6-5-7-9-19/h12H,5-11,13-14H2,1-4H3,(H,20,22). The van der Waals surface area contributed by atoms with Crippen LogP contribution in [-0.4, -0.2) is 46.5 Å². The van der Waals surface area contributed by atoms with E-state index >= 15 is 0 Å². The molecule has 2 fully saturated rings. The Morgan fingerprint density at radius 3 is 2.76 bits per heavy atom. The van der Waals surface area contributed by atoms with Crippen molar-refractivity contribution in [3.8, 4) is 0 Å². The van der Waals surface area contributed by atoms with E-state index in [4.69, 9.17) is 4.42 Å². The molecule has 6 heteroatoms. The molecule has 0 aromatic carbocycles. The Hall–Kier alpha value is -1.17. The molecule has 1 saturated heterocycles. The van der Waals surface area contributed by atoms with Gasteiger partial charge >= 0.3 is 0 Å². The third-order valence-electron chi connectivity index (χ3n) is 5.22. The lowest BCUT2D eigenvalue weighted by Crippen LogP contribution is -2.53. The predicted octanol–water partition coefficient (Wildman–Crippen LogP) is 3.80. The van der Waals surface area contributed by atoms with E-state index in [0.29, 0.717) is 11.3 Å². The number of oxazole rings is 1. The number of thioether (sulfide) groups is 1. The minimum absolute atomic E-state index is 0.00954. The lowest BCUT2D eigenvalue weighted by atomic mass is 9.87. The average molecular weight is 365 g/mol. The van der Waals surface area contributed by atoms with Crippen molar-refractivity contribution in [2.75, 3.05) is 25.9 Å². The zero-order valence-electron chi connectivity index (χ0n) is 16.1. The molecule has 1 aliphatic carbocycles. The molecule has 2 heterocycles. The fourth-order valence-electron chi connectivity index (χ4n) is 3.75. The first-order chi connectivity index (χ1) is 11.9. The Balaban J connectivity index is 1.60. The van der Waals surface area contributed by atoms with Gasteiger partial charge in [0.1, 0.15) is 5.76 Å². The van der Waals surface area contributed by atoms with Crippen LogP contribution in [0, 0.1) is 0 Å². The zero-order valence-corrected chi connectivity index (χ0v) is 16.9. The van der Waals surface area contributed by atoms with E-state index in [-0.39, 0.29) is 5.41 Å². The van der Waals surface area contributed by atoms with Crippen molar-refractivity contribution in [3.05, 3.63) is 17.8 Å². The monoisotopic (exact) mass is 364 g/mol. The van der Waals surface area contributed by atoms with Crippen molar-refractivity contribution >= 4 is 17.7 Å². The molecule has 1 aromatic heterocycles. The van der Waals surface area contributed by atoms with E-state index in [9.17, 15) is 0 Å². The fraction of sp³-hybridized carbons (Fsp3) is 0.789. The van der Waals surface area contributed by atoms with E-state index < -0.39 is 0 Å². The number of hydrogen-bond donors (Lipinski definition) is 1. The molecule has 140 valence electrons. The molecular weight excluding hydrogens is 332 g/mol.